The Hall–Kier alpha value is -2.99. The number of amides is 1. The highest BCUT2D eigenvalue weighted by atomic mass is 16.5. The van der Waals surface area contributed by atoms with Crippen molar-refractivity contribution < 1.29 is 9.53 Å². The lowest BCUT2D eigenvalue weighted by molar-refractivity contribution is -0.116. The first kappa shape index (κ1) is 15.3. The average Bonchev–Trinajstić information content (AvgIpc) is 3.03. The number of nitrogens with one attached hydrogen (secondary N) is 1. The topological polar surface area (TPSA) is 67.4 Å². The van der Waals surface area contributed by atoms with Gasteiger partial charge >= 0.3 is 0 Å². The van der Waals surface area contributed by atoms with Crippen LogP contribution >= 0.6 is 0 Å². The highest BCUT2D eigenvalue weighted by Crippen LogP contribution is 2.35. The number of benzene rings is 2. The summed E-state index contributed by atoms with van der Waals surface area (Å²) < 4.78 is 5.42. The lowest BCUT2D eigenvalue weighted by atomic mass is 10.00. The maximum Gasteiger partial charge on any atom is 0.239 e. The van der Waals surface area contributed by atoms with Gasteiger partial charge in [-0.25, -0.2) is 9.97 Å². The maximum atomic E-state index is 12.4. The molecule has 6 heteroatoms. The van der Waals surface area contributed by atoms with Crippen LogP contribution in [0.3, 0.4) is 0 Å². The van der Waals surface area contributed by atoms with Crippen LogP contribution < -0.4 is 10.2 Å². The number of hydrogen-bond acceptors (Lipinski definition) is 5. The Morgan fingerprint density at radius 3 is 2.85 bits per heavy atom. The number of morpholine rings is 1. The number of fused-ring (bicyclic) bond motifs is 2. The van der Waals surface area contributed by atoms with Crippen LogP contribution in [0.25, 0.3) is 10.9 Å². The fraction of sp³-hybridized carbons (Fsp3) is 0.250. The highest BCUT2D eigenvalue weighted by molar-refractivity contribution is 6.04. The number of anilines is 2. The lowest BCUT2D eigenvalue weighted by Crippen LogP contribution is -2.36. The smallest absolute Gasteiger partial charge is 0.239 e. The largest absolute Gasteiger partial charge is 0.378 e. The second kappa shape index (κ2) is 6.07. The zero-order chi connectivity index (χ0) is 17.5. The molecule has 2 aromatic carbocycles. The quantitative estimate of drug-likeness (QED) is 0.772. The summed E-state index contributed by atoms with van der Waals surface area (Å²) in [4.78, 5) is 23.9. The third kappa shape index (κ3) is 2.50. The van der Waals surface area contributed by atoms with Crippen LogP contribution in [0.5, 0.6) is 0 Å². The number of ether oxygens (including phenoxy) is 1. The lowest BCUT2D eigenvalue weighted by Gasteiger charge is -2.29. The predicted octanol–water partition coefficient (Wildman–Crippen LogP) is 2.55. The molecular formula is C20H18N4O2. The predicted molar refractivity (Wildman–Crippen MR) is 99.5 cm³/mol. The number of rotatable bonds is 2. The van der Waals surface area contributed by atoms with Gasteiger partial charge in [-0.3, -0.25) is 4.79 Å². The molecule has 3 aromatic rings. The first-order valence-corrected chi connectivity index (χ1v) is 8.79. The van der Waals surface area contributed by atoms with E-state index in [9.17, 15) is 4.79 Å². The molecule has 2 aliphatic heterocycles. The van der Waals surface area contributed by atoms with Crippen molar-refractivity contribution in [2.75, 3.05) is 36.5 Å². The van der Waals surface area contributed by atoms with Crippen LogP contribution in [0.4, 0.5) is 11.4 Å². The molecule has 5 rings (SSSR count). The molecule has 1 aromatic heterocycles. The van der Waals surface area contributed by atoms with Crippen molar-refractivity contribution in [1.82, 2.24) is 9.97 Å². The van der Waals surface area contributed by atoms with Gasteiger partial charge in [-0.15, -0.1) is 0 Å². The number of carbonyl (C=O) groups is 1. The van der Waals surface area contributed by atoms with E-state index in [1.165, 1.54) is 0 Å². The van der Waals surface area contributed by atoms with Crippen LogP contribution in [0.15, 0.2) is 48.7 Å². The van der Waals surface area contributed by atoms with E-state index in [2.05, 4.69) is 32.3 Å². The summed E-state index contributed by atoms with van der Waals surface area (Å²) in [5, 5.41) is 3.89. The Kier molecular flexibility index (Phi) is 3.57. The van der Waals surface area contributed by atoms with Crippen molar-refractivity contribution in [3.8, 4) is 0 Å². The van der Waals surface area contributed by atoms with Crippen LogP contribution in [0.2, 0.25) is 0 Å². The molecule has 6 nitrogen and oxygen atoms in total. The number of aromatic nitrogens is 2. The molecule has 0 saturated carbocycles. The van der Waals surface area contributed by atoms with Gasteiger partial charge in [-0.1, -0.05) is 18.2 Å². The Bertz CT molecular complexity index is 998. The fourth-order valence-electron chi connectivity index (χ4n) is 3.66. The summed E-state index contributed by atoms with van der Waals surface area (Å²) in [6.45, 7) is 3.29. The summed E-state index contributed by atoms with van der Waals surface area (Å²) in [6, 6.07) is 13.9. The standard InChI is InChI=1S/C20H18N4O2/c25-20-18(15-3-1-2-4-17(15)23-20)19-21-12-13-11-14(5-6-16(13)22-19)24-7-9-26-10-8-24/h1-6,11-12,18H,7-10H2,(H,23,25). The summed E-state index contributed by atoms with van der Waals surface area (Å²) in [6.07, 6.45) is 1.82. The first-order chi connectivity index (χ1) is 12.8. The van der Waals surface area contributed by atoms with E-state index in [0.717, 1.165) is 54.1 Å². The normalized spacial score (nSPS) is 19.5. The fourth-order valence-corrected chi connectivity index (χ4v) is 3.66. The monoisotopic (exact) mass is 346 g/mol. The second-order valence-electron chi connectivity index (χ2n) is 6.58. The Labute approximate surface area is 150 Å². The number of nitrogens with zero attached hydrogens (tertiary/aromatic N) is 3. The SMILES string of the molecule is O=C1Nc2ccccc2C1c1ncc2cc(N3CCOCC3)ccc2n1. The number of para-hydroxylation sites is 1. The molecule has 0 spiro atoms. The highest BCUT2D eigenvalue weighted by Gasteiger charge is 2.33. The molecule has 1 amide bonds. The van der Waals surface area contributed by atoms with Crippen LogP contribution in [0, 0.1) is 0 Å². The second-order valence-corrected chi connectivity index (χ2v) is 6.58. The molecule has 0 bridgehead atoms. The first-order valence-electron chi connectivity index (χ1n) is 8.79. The molecule has 0 radical (unpaired) electrons. The summed E-state index contributed by atoms with van der Waals surface area (Å²) in [5.74, 6) is 0.0177. The molecule has 1 saturated heterocycles. The van der Waals surface area contributed by atoms with Gasteiger partial charge in [0.15, 0.2) is 0 Å². The molecule has 2 aliphatic rings. The third-order valence-corrected chi connectivity index (χ3v) is 5.01. The minimum atomic E-state index is -0.450. The van der Waals surface area contributed by atoms with E-state index in [1.807, 2.05) is 36.5 Å². The maximum absolute atomic E-state index is 12.4. The summed E-state index contributed by atoms with van der Waals surface area (Å²) in [7, 11) is 0. The summed E-state index contributed by atoms with van der Waals surface area (Å²) >= 11 is 0. The van der Waals surface area contributed by atoms with Gasteiger partial charge in [-0.05, 0) is 29.8 Å². The van der Waals surface area contributed by atoms with Gasteiger partial charge in [0.25, 0.3) is 0 Å². The Morgan fingerprint density at radius 2 is 1.96 bits per heavy atom. The van der Waals surface area contributed by atoms with E-state index in [4.69, 9.17) is 4.74 Å². The van der Waals surface area contributed by atoms with Crippen molar-refractivity contribution in [2.24, 2.45) is 0 Å². The van der Waals surface area contributed by atoms with Crippen molar-refractivity contribution >= 4 is 28.2 Å². The minimum Gasteiger partial charge on any atom is -0.378 e. The van der Waals surface area contributed by atoms with Crippen molar-refractivity contribution in [2.45, 2.75) is 5.92 Å². The van der Waals surface area contributed by atoms with E-state index < -0.39 is 5.92 Å². The van der Waals surface area contributed by atoms with Gasteiger partial charge in [0.2, 0.25) is 5.91 Å². The van der Waals surface area contributed by atoms with Gasteiger partial charge in [0, 0.05) is 36.0 Å². The van der Waals surface area contributed by atoms with Crippen molar-refractivity contribution in [1.29, 1.82) is 0 Å². The van der Waals surface area contributed by atoms with Gasteiger partial charge in [0.1, 0.15) is 11.7 Å². The molecule has 1 N–H and O–H groups in total. The molecule has 1 fully saturated rings. The molecule has 3 heterocycles. The van der Waals surface area contributed by atoms with Crippen LogP contribution in [0.1, 0.15) is 17.3 Å². The molecule has 1 atom stereocenters. The van der Waals surface area contributed by atoms with Crippen LogP contribution in [-0.2, 0) is 9.53 Å². The zero-order valence-corrected chi connectivity index (χ0v) is 14.2. The molecule has 26 heavy (non-hydrogen) atoms. The number of hydrogen-bond donors (Lipinski definition) is 1. The third-order valence-electron chi connectivity index (χ3n) is 5.01. The van der Waals surface area contributed by atoms with Gasteiger partial charge in [-0.2, -0.15) is 0 Å². The van der Waals surface area contributed by atoms with Gasteiger partial charge < -0.3 is 15.0 Å². The van der Waals surface area contributed by atoms with E-state index >= 15 is 0 Å². The molecule has 130 valence electrons. The van der Waals surface area contributed by atoms with Gasteiger partial charge in [0.05, 0.1) is 18.7 Å². The Balaban J connectivity index is 1.52. The Morgan fingerprint density at radius 1 is 1.12 bits per heavy atom. The van der Waals surface area contributed by atoms with Crippen LogP contribution in [-0.4, -0.2) is 42.2 Å². The van der Waals surface area contributed by atoms with E-state index in [0.29, 0.717) is 5.82 Å². The molecular weight excluding hydrogens is 328 g/mol. The number of carbonyl (C=O) groups excluding carboxylic acids is 1. The van der Waals surface area contributed by atoms with E-state index in [-0.39, 0.29) is 5.91 Å². The molecule has 1 unspecified atom stereocenters. The van der Waals surface area contributed by atoms with Crippen molar-refractivity contribution in [3.05, 3.63) is 60.0 Å². The summed E-state index contributed by atoms with van der Waals surface area (Å²) in [5.41, 5.74) is 3.78. The zero-order valence-electron chi connectivity index (χ0n) is 14.2. The minimum absolute atomic E-state index is 0.0736. The molecule has 0 aliphatic carbocycles. The van der Waals surface area contributed by atoms with Crippen molar-refractivity contribution in [3.63, 3.8) is 0 Å². The van der Waals surface area contributed by atoms with E-state index in [1.54, 1.807) is 0 Å². The average molecular weight is 346 g/mol.